The highest BCUT2D eigenvalue weighted by Crippen LogP contribution is 2.22. The van der Waals surface area contributed by atoms with Crippen molar-refractivity contribution in [1.82, 2.24) is 9.80 Å². The van der Waals surface area contributed by atoms with Crippen molar-refractivity contribution in [2.45, 2.75) is 19.4 Å². The molecular weight excluding hydrogens is 274 g/mol. The highest BCUT2D eigenvalue weighted by molar-refractivity contribution is 6.30. The van der Waals surface area contributed by atoms with E-state index >= 15 is 0 Å². The summed E-state index contributed by atoms with van der Waals surface area (Å²) in [5, 5.41) is 0.691. The Morgan fingerprint density at radius 2 is 2.10 bits per heavy atom. The summed E-state index contributed by atoms with van der Waals surface area (Å²) in [5.41, 5.74) is 6.98. The molecule has 0 aromatic heterocycles. The number of amides is 1. The zero-order valence-electron chi connectivity index (χ0n) is 12.5. The molecule has 0 radical (unpaired) electrons. The molecule has 0 aliphatic rings. The molecular formula is C15H24ClN3O. The van der Waals surface area contributed by atoms with Crippen LogP contribution in [0.5, 0.6) is 0 Å². The molecule has 0 saturated carbocycles. The second-order valence-corrected chi connectivity index (χ2v) is 5.50. The van der Waals surface area contributed by atoms with Crippen LogP contribution in [0, 0.1) is 0 Å². The summed E-state index contributed by atoms with van der Waals surface area (Å²) < 4.78 is 0. The first kappa shape index (κ1) is 17.0. The second kappa shape index (κ2) is 8.25. The van der Waals surface area contributed by atoms with Gasteiger partial charge in [-0.2, -0.15) is 0 Å². The lowest BCUT2D eigenvalue weighted by Gasteiger charge is -2.31. The Bertz CT molecular complexity index is 437. The van der Waals surface area contributed by atoms with Gasteiger partial charge in [0.05, 0.1) is 6.54 Å². The molecule has 1 atom stereocenters. The van der Waals surface area contributed by atoms with Gasteiger partial charge in [0, 0.05) is 31.7 Å². The molecule has 0 heterocycles. The minimum absolute atomic E-state index is 0.0116. The zero-order chi connectivity index (χ0) is 15.1. The number of likely N-dealkylation sites (N-methyl/N-ethyl adjacent to an activating group) is 1. The van der Waals surface area contributed by atoms with Crippen LogP contribution in [0.4, 0.5) is 0 Å². The first-order valence-electron chi connectivity index (χ1n) is 6.89. The van der Waals surface area contributed by atoms with E-state index in [-0.39, 0.29) is 11.9 Å². The Kier molecular flexibility index (Phi) is 6.99. The number of halogens is 1. The van der Waals surface area contributed by atoms with Crippen LogP contribution >= 0.6 is 11.6 Å². The number of rotatable bonds is 7. The summed E-state index contributed by atoms with van der Waals surface area (Å²) in [6.07, 6.45) is 0.970. The van der Waals surface area contributed by atoms with E-state index < -0.39 is 0 Å². The molecule has 0 saturated heterocycles. The maximum atomic E-state index is 12.0. The lowest BCUT2D eigenvalue weighted by Crippen LogP contribution is -2.41. The molecule has 0 bridgehead atoms. The predicted octanol–water partition coefficient (Wildman–Crippen LogP) is 2.14. The van der Waals surface area contributed by atoms with Crippen LogP contribution < -0.4 is 5.73 Å². The second-order valence-electron chi connectivity index (χ2n) is 5.07. The fourth-order valence-corrected chi connectivity index (χ4v) is 2.36. The van der Waals surface area contributed by atoms with Crippen molar-refractivity contribution >= 4 is 17.5 Å². The van der Waals surface area contributed by atoms with Crippen LogP contribution in [-0.2, 0) is 4.79 Å². The maximum Gasteiger partial charge on any atom is 0.236 e. The normalized spacial score (nSPS) is 12.5. The van der Waals surface area contributed by atoms with Gasteiger partial charge in [0.2, 0.25) is 5.91 Å². The highest BCUT2D eigenvalue weighted by atomic mass is 35.5. The summed E-state index contributed by atoms with van der Waals surface area (Å²) in [5.74, 6) is 0.0823. The van der Waals surface area contributed by atoms with E-state index in [9.17, 15) is 4.79 Å². The van der Waals surface area contributed by atoms with Crippen molar-refractivity contribution in [1.29, 1.82) is 0 Å². The molecule has 0 fully saturated rings. The monoisotopic (exact) mass is 297 g/mol. The van der Waals surface area contributed by atoms with Gasteiger partial charge in [-0.05, 0) is 30.7 Å². The molecule has 1 amide bonds. The van der Waals surface area contributed by atoms with Gasteiger partial charge in [0.25, 0.3) is 0 Å². The van der Waals surface area contributed by atoms with E-state index in [2.05, 4.69) is 11.8 Å². The minimum Gasteiger partial charge on any atom is -0.348 e. The van der Waals surface area contributed by atoms with Gasteiger partial charge >= 0.3 is 0 Å². The van der Waals surface area contributed by atoms with Crippen LogP contribution in [0.1, 0.15) is 24.9 Å². The number of carbonyl (C=O) groups excluding carboxylic acids is 1. The molecule has 5 heteroatoms. The van der Waals surface area contributed by atoms with E-state index in [4.69, 9.17) is 17.3 Å². The van der Waals surface area contributed by atoms with Crippen LogP contribution in [0.15, 0.2) is 24.3 Å². The molecule has 112 valence electrons. The zero-order valence-corrected chi connectivity index (χ0v) is 13.2. The number of hydrogen-bond donors (Lipinski definition) is 1. The SMILES string of the molecule is CCCN(CC(=O)N(C)C)C(CN)c1cccc(Cl)c1. The average molecular weight is 298 g/mol. The van der Waals surface area contributed by atoms with Crippen molar-refractivity contribution in [2.24, 2.45) is 5.73 Å². The Morgan fingerprint density at radius 3 is 2.60 bits per heavy atom. The van der Waals surface area contributed by atoms with Crippen molar-refractivity contribution in [3.05, 3.63) is 34.9 Å². The molecule has 1 aromatic carbocycles. The quantitative estimate of drug-likeness (QED) is 0.839. The first-order chi connectivity index (χ1) is 9.49. The number of carbonyl (C=O) groups is 1. The van der Waals surface area contributed by atoms with Gasteiger partial charge in [0.15, 0.2) is 0 Å². The topological polar surface area (TPSA) is 49.6 Å². The molecule has 0 aliphatic carbocycles. The Labute approximate surface area is 126 Å². The Hall–Kier alpha value is -1.10. The minimum atomic E-state index is 0.0116. The summed E-state index contributed by atoms with van der Waals surface area (Å²) in [6, 6.07) is 7.69. The third-order valence-corrected chi connectivity index (χ3v) is 3.48. The van der Waals surface area contributed by atoms with E-state index in [0.29, 0.717) is 18.1 Å². The van der Waals surface area contributed by atoms with E-state index in [1.807, 2.05) is 24.3 Å². The fraction of sp³-hybridized carbons (Fsp3) is 0.533. The third kappa shape index (κ3) is 4.78. The molecule has 2 N–H and O–H groups in total. The summed E-state index contributed by atoms with van der Waals surface area (Å²) >= 11 is 6.05. The third-order valence-electron chi connectivity index (χ3n) is 3.25. The molecule has 0 spiro atoms. The Morgan fingerprint density at radius 1 is 1.40 bits per heavy atom. The molecule has 20 heavy (non-hydrogen) atoms. The smallest absolute Gasteiger partial charge is 0.236 e. The summed E-state index contributed by atoms with van der Waals surface area (Å²) in [4.78, 5) is 15.7. The lowest BCUT2D eigenvalue weighted by molar-refractivity contribution is -0.130. The van der Waals surface area contributed by atoms with Crippen LogP contribution in [0.3, 0.4) is 0 Å². The fourth-order valence-electron chi connectivity index (χ4n) is 2.16. The van der Waals surface area contributed by atoms with Gasteiger partial charge in [-0.15, -0.1) is 0 Å². The highest BCUT2D eigenvalue weighted by Gasteiger charge is 2.21. The number of nitrogens with two attached hydrogens (primary N) is 1. The number of benzene rings is 1. The van der Waals surface area contributed by atoms with Gasteiger partial charge in [-0.25, -0.2) is 0 Å². The first-order valence-corrected chi connectivity index (χ1v) is 7.27. The lowest BCUT2D eigenvalue weighted by atomic mass is 10.0. The van der Waals surface area contributed by atoms with Crippen molar-refractivity contribution in [3.8, 4) is 0 Å². The summed E-state index contributed by atoms with van der Waals surface area (Å²) in [7, 11) is 3.53. The molecule has 1 aromatic rings. The molecule has 4 nitrogen and oxygen atoms in total. The van der Waals surface area contributed by atoms with Crippen LogP contribution in [0.2, 0.25) is 5.02 Å². The van der Waals surface area contributed by atoms with Crippen LogP contribution in [-0.4, -0.2) is 49.4 Å². The van der Waals surface area contributed by atoms with Gasteiger partial charge in [-0.3, -0.25) is 9.69 Å². The average Bonchev–Trinajstić information content (AvgIpc) is 2.39. The van der Waals surface area contributed by atoms with Gasteiger partial charge in [0.1, 0.15) is 0 Å². The molecule has 0 aliphatic heterocycles. The Balaban J connectivity index is 2.94. The number of nitrogens with zero attached hydrogens (tertiary/aromatic N) is 2. The van der Waals surface area contributed by atoms with Gasteiger partial charge < -0.3 is 10.6 Å². The van der Waals surface area contributed by atoms with Gasteiger partial charge in [-0.1, -0.05) is 30.7 Å². The molecule has 1 rings (SSSR count). The standard InChI is InChI=1S/C15H24ClN3O/c1-4-8-19(11-15(20)18(2)3)14(10-17)12-6-5-7-13(16)9-12/h5-7,9,14H,4,8,10-11,17H2,1-3H3. The van der Waals surface area contributed by atoms with Crippen molar-refractivity contribution in [3.63, 3.8) is 0 Å². The predicted molar refractivity (Wildman–Crippen MR) is 83.8 cm³/mol. The number of hydrogen-bond acceptors (Lipinski definition) is 3. The van der Waals surface area contributed by atoms with E-state index in [1.54, 1.807) is 19.0 Å². The van der Waals surface area contributed by atoms with E-state index in [0.717, 1.165) is 18.5 Å². The largest absolute Gasteiger partial charge is 0.348 e. The van der Waals surface area contributed by atoms with Crippen molar-refractivity contribution in [2.75, 3.05) is 33.7 Å². The molecule has 1 unspecified atom stereocenters. The van der Waals surface area contributed by atoms with Crippen molar-refractivity contribution < 1.29 is 4.79 Å². The van der Waals surface area contributed by atoms with Crippen LogP contribution in [0.25, 0.3) is 0 Å². The van der Waals surface area contributed by atoms with E-state index in [1.165, 1.54) is 0 Å². The maximum absolute atomic E-state index is 12.0. The summed E-state index contributed by atoms with van der Waals surface area (Å²) in [6.45, 7) is 3.75.